The molecule has 7 heteroatoms. The second kappa shape index (κ2) is 7.44. The molecule has 0 radical (unpaired) electrons. The predicted molar refractivity (Wildman–Crippen MR) is 99.3 cm³/mol. The van der Waals surface area contributed by atoms with Crippen LogP contribution in [0, 0.1) is 17.1 Å². The molecule has 1 atom stereocenters. The topological polar surface area (TPSA) is 73.2 Å². The normalized spacial score (nSPS) is 18.2. The Morgan fingerprint density at radius 1 is 1.27 bits per heavy atom. The van der Waals surface area contributed by atoms with Gasteiger partial charge in [0.25, 0.3) is 0 Å². The molecule has 2 aromatic carbocycles. The van der Waals surface area contributed by atoms with Gasteiger partial charge in [-0.15, -0.1) is 0 Å². The van der Waals surface area contributed by atoms with E-state index in [4.69, 9.17) is 0 Å². The monoisotopic (exact) mass is 373 g/mol. The largest absolute Gasteiger partial charge is 0.320 e. The van der Waals surface area contributed by atoms with Crippen LogP contribution in [0.5, 0.6) is 0 Å². The smallest absolute Gasteiger partial charge is 0.242 e. The highest BCUT2D eigenvalue weighted by molar-refractivity contribution is 7.93. The zero-order chi connectivity index (χ0) is 18.7. The lowest BCUT2D eigenvalue weighted by Crippen LogP contribution is -2.42. The Morgan fingerprint density at radius 2 is 2.04 bits per heavy atom. The molecule has 0 saturated carbocycles. The summed E-state index contributed by atoms with van der Waals surface area (Å²) in [6, 6.07) is 12.7. The first-order chi connectivity index (χ1) is 12.5. The van der Waals surface area contributed by atoms with Crippen LogP contribution in [0.15, 0.2) is 42.5 Å². The van der Waals surface area contributed by atoms with Crippen LogP contribution in [0.1, 0.15) is 24.0 Å². The van der Waals surface area contributed by atoms with Gasteiger partial charge in [0, 0.05) is 0 Å². The molecule has 0 saturated heterocycles. The molecule has 0 aromatic heterocycles. The average molecular weight is 373 g/mol. The minimum absolute atomic E-state index is 0.266. The summed E-state index contributed by atoms with van der Waals surface area (Å²) < 4.78 is 41.6. The standard InChI is InChI=1S/C19H20FN3O2S/c1-22-10-4-6-17-12-15-11-16(20)8-9-19(15)23(26(17,24)25)18-7-3-2-5-14(18)13-21/h2-3,5,7-9,11,17,22H,4,6,10,12H2,1H3/t17-/m0/s1. The second-order valence-electron chi connectivity index (χ2n) is 6.28. The molecular formula is C19H20FN3O2S. The molecule has 1 N–H and O–H groups in total. The molecule has 1 heterocycles. The molecular weight excluding hydrogens is 353 g/mol. The quantitative estimate of drug-likeness (QED) is 0.818. The molecule has 0 amide bonds. The number of hydrogen-bond donors (Lipinski definition) is 1. The van der Waals surface area contributed by atoms with Crippen LogP contribution >= 0.6 is 0 Å². The maximum absolute atomic E-state index is 13.8. The number of rotatable bonds is 5. The van der Waals surface area contributed by atoms with Gasteiger partial charge >= 0.3 is 0 Å². The highest BCUT2D eigenvalue weighted by atomic mass is 32.2. The van der Waals surface area contributed by atoms with E-state index >= 15 is 0 Å². The van der Waals surface area contributed by atoms with E-state index in [0.717, 1.165) is 0 Å². The van der Waals surface area contributed by atoms with Crippen LogP contribution in [0.3, 0.4) is 0 Å². The third-order valence-electron chi connectivity index (χ3n) is 4.58. The lowest BCUT2D eigenvalue weighted by atomic mass is 10.0. The second-order valence-corrected chi connectivity index (χ2v) is 8.35. The zero-order valence-corrected chi connectivity index (χ0v) is 15.3. The lowest BCUT2D eigenvalue weighted by Gasteiger charge is -2.36. The fraction of sp³-hybridized carbons (Fsp3) is 0.316. The van der Waals surface area contributed by atoms with E-state index in [-0.39, 0.29) is 12.0 Å². The van der Waals surface area contributed by atoms with Crippen molar-refractivity contribution in [2.75, 3.05) is 17.9 Å². The van der Waals surface area contributed by atoms with Crippen molar-refractivity contribution in [1.82, 2.24) is 5.32 Å². The van der Waals surface area contributed by atoms with Gasteiger partial charge in [0.15, 0.2) is 0 Å². The van der Waals surface area contributed by atoms with Crippen molar-refractivity contribution in [1.29, 1.82) is 5.26 Å². The van der Waals surface area contributed by atoms with E-state index in [1.807, 2.05) is 13.1 Å². The molecule has 0 bridgehead atoms. The Labute approximate surface area is 153 Å². The Morgan fingerprint density at radius 3 is 2.77 bits per heavy atom. The van der Waals surface area contributed by atoms with E-state index in [0.29, 0.717) is 36.3 Å². The summed E-state index contributed by atoms with van der Waals surface area (Å²) in [5, 5.41) is 11.8. The Kier molecular flexibility index (Phi) is 5.25. The number of nitriles is 1. The van der Waals surface area contributed by atoms with E-state index in [1.165, 1.54) is 22.5 Å². The van der Waals surface area contributed by atoms with Crippen LogP contribution in [-0.2, 0) is 16.4 Å². The minimum Gasteiger partial charge on any atom is -0.320 e. The molecule has 0 aliphatic carbocycles. The van der Waals surface area contributed by atoms with Gasteiger partial charge in [-0.3, -0.25) is 0 Å². The fourth-order valence-corrected chi connectivity index (χ4v) is 5.36. The number of sulfonamides is 1. The third kappa shape index (κ3) is 3.30. The van der Waals surface area contributed by atoms with Crippen LogP contribution in [0.4, 0.5) is 15.8 Å². The van der Waals surface area contributed by atoms with Crippen molar-refractivity contribution in [2.45, 2.75) is 24.5 Å². The Bertz CT molecular complexity index is 953. The van der Waals surface area contributed by atoms with Gasteiger partial charge in [-0.25, -0.2) is 17.1 Å². The first kappa shape index (κ1) is 18.4. The van der Waals surface area contributed by atoms with Crippen molar-refractivity contribution >= 4 is 21.4 Å². The average Bonchev–Trinajstić information content (AvgIpc) is 2.62. The SMILES string of the molecule is CNCCC[C@H]1Cc2cc(F)ccc2N(c2ccccc2C#N)S1(=O)=O. The van der Waals surface area contributed by atoms with Crippen LogP contribution in [-0.4, -0.2) is 27.3 Å². The number of para-hydroxylation sites is 1. The molecule has 1 aliphatic rings. The van der Waals surface area contributed by atoms with E-state index < -0.39 is 21.1 Å². The molecule has 2 aromatic rings. The van der Waals surface area contributed by atoms with Crippen molar-refractivity contribution in [3.05, 3.63) is 59.4 Å². The van der Waals surface area contributed by atoms with Gasteiger partial charge in [-0.05, 0) is 68.8 Å². The van der Waals surface area contributed by atoms with Gasteiger partial charge in [0.1, 0.15) is 11.9 Å². The summed E-state index contributed by atoms with van der Waals surface area (Å²) in [5.74, 6) is -0.398. The van der Waals surface area contributed by atoms with Gasteiger partial charge in [0.05, 0.1) is 22.2 Å². The van der Waals surface area contributed by atoms with Gasteiger partial charge in [-0.2, -0.15) is 5.26 Å². The first-order valence-corrected chi connectivity index (χ1v) is 9.95. The lowest BCUT2D eigenvalue weighted by molar-refractivity contribution is 0.552. The summed E-state index contributed by atoms with van der Waals surface area (Å²) in [6.07, 6.45) is 1.42. The highest BCUT2D eigenvalue weighted by Gasteiger charge is 2.40. The summed E-state index contributed by atoms with van der Waals surface area (Å²) in [7, 11) is -1.91. The number of nitrogens with zero attached hydrogens (tertiary/aromatic N) is 2. The third-order valence-corrected chi connectivity index (χ3v) is 6.73. The van der Waals surface area contributed by atoms with Crippen LogP contribution < -0.4 is 9.62 Å². The Hall–Kier alpha value is -2.43. The van der Waals surface area contributed by atoms with Gasteiger partial charge in [0.2, 0.25) is 10.0 Å². The molecule has 3 rings (SSSR count). The van der Waals surface area contributed by atoms with E-state index in [2.05, 4.69) is 5.32 Å². The number of fused-ring (bicyclic) bond motifs is 1. The minimum atomic E-state index is -3.72. The fourth-order valence-electron chi connectivity index (χ4n) is 3.32. The first-order valence-electron chi connectivity index (χ1n) is 8.45. The van der Waals surface area contributed by atoms with E-state index in [1.54, 1.807) is 24.3 Å². The van der Waals surface area contributed by atoms with Gasteiger partial charge in [-0.1, -0.05) is 12.1 Å². The molecule has 0 unspecified atom stereocenters. The number of hydrogen-bond acceptors (Lipinski definition) is 4. The van der Waals surface area contributed by atoms with Crippen molar-refractivity contribution in [3.63, 3.8) is 0 Å². The van der Waals surface area contributed by atoms with Gasteiger partial charge < -0.3 is 5.32 Å². The molecule has 0 fully saturated rings. The number of benzene rings is 2. The molecule has 26 heavy (non-hydrogen) atoms. The molecule has 0 spiro atoms. The van der Waals surface area contributed by atoms with E-state index in [9.17, 15) is 18.1 Å². The van der Waals surface area contributed by atoms with Crippen LogP contribution in [0.25, 0.3) is 0 Å². The maximum atomic E-state index is 13.8. The van der Waals surface area contributed by atoms with Crippen LogP contribution in [0.2, 0.25) is 0 Å². The summed E-state index contributed by atoms with van der Waals surface area (Å²) in [5.41, 5.74) is 1.63. The highest BCUT2D eigenvalue weighted by Crippen LogP contribution is 2.41. The maximum Gasteiger partial charge on any atom is 0.242 e. The van der Waals surface area contributed by atoms with Crippen molar-refractivity contribution < 1.29 is 12.8 Å². The summed E-state index contributed by atoms with van der Waals surface area (Å²) >= 11 is 0. The predicted octanol–water partition coefficient (Wildman–Crippen LogP) is 3.09. The summed E-state index contributed by atoms with van der Waals surface area (Å²) in [4.78, 5) is 0. The zero-order valence-electron chi connectivity index (χ0n) is 14.4. The number of anilines is 2. The van der Waals surface area contributed by atoms with Crippen molar-refractivity contribution in [3.8, 4) is 6.07 Å². The Balaban J connectivity index is 2.15. The van der Waals surface area contributed by atoms with Crippen molar-refractivity contribution in [2.24, 2.45) is 0 Å². The molecule has 1 aliphatic heterocycles. The molecule has 5 nitrogen and oxygen atoms in total. The summed E-state index contributed by atoms with van der Waals surface area (Å²) in [6.45, 7) is 0.705. The number of nitrogens with one attached hydrogen (secondary N) is 1. The molecule has 136 valence electrons. The number of halogens is 1.